The number of hydrogen-bond donors (Lipinski definition) is 1. The highest BCUT2D eigenvalue weighted by atomic mass is 32.1. The van der Waals surface area contributed by atoms with E-state index in [2.05, 4.69) is 11.4 Å². The van der Waals surface area contributed by atoms with Gasteiger partial charge in [-0.05, 0) is 51.2 Å². The lowest BCUT2D eigenvalue weighted by Gasteiger charge is -2.34. The Morgan fingerprint density at radius 1 is 1.00 bits per heavy atom. The predicted molar refractivity (Wildman–Crippen MR) is 101 cm³/mol. The van der Waals surface area contributed by atoms with Crippen LogP contribution in [0.5, 0.6) is 0 Å². The Kier molecular flexibility index (Phi) is 5.96. The van der Waals surface area contributed by atoms with Crippen LogP contribution in [0.1, 0.15) is 53.2 Å². The standard InChI is InChI=1S/C19H27N3O3S/c1-13(2)20-17(23)19(25)22-10-8-21(9-11-22)18(24)16-12-14-6-4-3-5-7-15(14)26-16/h12-13H,3-11H2,1-2H3,(H,20,23). The molecule has 1 aromatic heterocycles. The molecule has 1 fully saturated rings. The fourth-order valence-corrected chi connectivity index (χ4v) is 4.73. The van der Waals surface area contributed by atoms with Crippen molar-refractivity contribution in [3.63, 3.8) is 0 Å². The third-order valence-electron chi connectivity index (χ3n) is 4.93. The van der Waals surface area contributed by atoms with E-state index in [1.54, 1.807) is 16.2 Å². The Morgan fingerprint density at radius 2 is 1.65 bits per heavy atom. The van der Waals surface area contributed by atoms with Crippen LogP contribution in [0.3, 0.4) is 0 Å². The van der Waals surface area contributed by atoms with Crippen LogP contribution in [0.2, 0.25) is 0 Å². The maximum absolute atomic E-state index is 12.8. The zero-order valence-corrected chi connectivity index (χ0v) is 16.4. The van der Waals surface area contributed by atoms with Crippen LogP contribution >= 0.6 is 11.3 Å². The number of carbonyl (C=O) groups is 3. The number of hydrogen-bond acceptors (Lipinski definition) is 4. The van der Waals surface area contributed by atoms with E-state index in [1.807, 2.05) is 13.8 Å². The summed E-state index contributed by atoms with van der Waals surface area (Å²) < 4.78 is 0. The van der Waals surface area contributed by atoms with Gasteiger partial charge in [-0.1, -0.05) is 6.42 Å². The van der Waals surface area contributed by atoms with Crippen molar-refractivity contribution in [3.05, 3.63) is 21.4 Å². The quantitative estimate of drug-likeness (QED) is 0.631. The first kappa shape index (κ1) is 18.9. The molecule has 1 N–H and O–H groups in total. The van der Waals surface area contributed by atoms with Gasteiger partial charge in [0, 0.05) is 37.1 Å². The molecule has 3 amide bonds. The summed E-state index contributed by atoms with van der Waals surface area (Å²) in [7, 11) is 0. The summed E-state index contributed by atoms with van der Waals surface area (Å²) in [5.41, 5.74) is 1.34. The number of aryl methyl sites for hydroxylation is 2. The number of thiophene rings is 1. The molecule has 26 heavy (non-hydrogen) atoms. The highest BCUT2D eigenvalue weighted by molar-refractivity contribution is 7.14. The molecule has 0 bridgehead atoms. The smallest absolute Gasteiger partial charge is 0.312 e. The van der Waals surface area contributed by atoms with Gasteiger partial charge >= 0.3 is 11.8 Å². The number of piperazine rings is 1. The monoisotopic (exact) mass is 377 g/mol. The van der Waals surface area contributed by atoms with Crippen LogP contribution in [0.15, 0.2) is 6.07 Å². The summed E-state index contributed by atoms with van der Waals surface area (Å²) in [5.74, 6) is -1.02. The Balaban J connectivity index is 1.57. The Labute approximate surface area is 158 Å². The van der Waals surface area contributed by atoms with Gasteiger partial charge in [0.1, 0.15) is 0 Å². The molecule has 0 atom stereocenters. The molecule has 0 unspecified atom stereocenters. The summed E-state index contributed by atoms with van der Waals surface area (Å²) in [5, 5.41) is 2.62. The van der Waals surface area contributed by atoms with Gasteiger partial charge in [0.2, 0.25) is 0 Å². The van der Waals surface area contributed by atoms with Crippen LogP contribution in [0, 0.1) is 0 Å². The molecule has 2 aliphatic rings. The minimum atomic E-state index is -0.568. The lowest BCUT2D eigenvalue weighted by Crippen LogP contribution is -2.54. The van der Waals surface area contributed by atoms with Gasteiger partial charge in [-0.25, -0.2) is 0 Å². The summed E-state index contributed by atoms with van der Waals surface area (Å²) in [6.45, 7) is 5.40. The van der Waals surface area contributed by atoms with Gasteiger partial charge in [-0.15, -0.1) is 11.3 Å². The second kappa shape index (κ2) is 8.20. The lowest BCUT2D eigenvalue weighted by atomic mass is 10.1. The van der Waals surface area contributed by atoms with Crippen molar-refractivity contribution in [1.82, 2.24) is 15.1 Å². The van der Waals surface area contributed by atoms with E-state index in [0.717, 1.165) is 17.7 Å². The molecule has 1 saturated heterocycles. The van der Waals surface area contributed by atoms with Crippen LogP contribution in [-0.4, -0.2) is 59.7 Å². The third-order valence-corrected chi connectivity index (χ3v) is 6.15. The zero-order valence-electron chi connectivity index (χ0n) is 15.5. The van der Waals surface area contributed by atoms with Gasteiger partial charge in [0.05, 0.1) is 4.88 Å². The lowest BCUT2D eigenvalue weighted by molar-refractivity contribution is -0.147. The largest absolute Gasteiger partial charge is 0.346 e. The van der Waals surface area contributed by atoms with Gasteiger partial charge in [0.25, 0.3) is 5.91 Å². The molecule has 0 radical (unpaired) electrons. The molecular formula is C19H27N3O3S. The Bertz CT molecular complexity index is 667. The minimum Gasteiger partial charge on any atom is -0.346 e. The van der Waals surface area contributed by atoms with Crippen molar-refractivity contribution in [2.45, 2.75) is 52.0 Å². The molecule has 0 saturated carbocycles. The van der Waals surface area contributed by atoms with Crippen LogP contribution in [0.25, 0.3) is 0 Å². The Morgan fingerprint density at radius 3 is 2.35 bits per heavy atom. The second-order valence-corrected chi connectivity index (χ2v) is 8.47. The van der Waals surface area contributed by atoms with Gasteiger partial charge in [-0.3, -0.25) is 14.4 Å². The van der Waals surface area contributed by atoms with E-state index in [0.29, 0.717) is 26.2 Å². The van der Waals surface area contributed by atoms with Gasteiger partial charge in [-0.2, -0.15) is 0 Å². The number of rotatable bonds is 2. The van der Waals surface area contributed by atoms with Crippen molar-refractivity contribution in [3.8, 4) is 0 Å². The first-order valence-corrected chi connectivity index (χ1v) is 10.3. The molecule has 3 rings (SSSR count). The highest BCUT2D eigenvalue weighted by Crippen LogP contribution is 2.29. The maximum Gasteiger partial charge on any atom is 0.312 e. The van der Waals surface area contributed by atoms with Crippen LogP contribution in [-0.2, 0) is 22.4 Å². The summed E-state index contributed by atoms with van der Waals surface area (Å²) >= 11 is 1.63. The van der Waals surface area contributed by atoms with E-state index < -0.39 is 11.8 Å². The normalized spacial score (nSPS) is 17.7. The number of amides is 3. The first-order chi connectivity index (χ1) is 12.5. The zero-order chi connectivity index (χ0) is 18.7. The highest BCUT2D eigenvalue weighted by Gasteiger charge is 2.29. The summed E-state index contributed by atoms with van der Waals surface area (Å²) in [4.78, 5) is 42.3. The van der Waals surface area contributed by atoms with Gasteiger partial charge in [0.15, 0.2) is 0 Å². The number of nitrogens with zero attached hydrogens (tertiary/aromatic N) is 2. The molecule has 1 aromatic rings. The second-order valence-electron chi connectivity index (χ2n) is 7.33. The molecule has 7 heteroatoms. The Hall–Kier alpha value is -1.89. The average Bonchev–Trinajstić information content (AvgIpc) is 2.90. The SMILES string of the molecule is CC(C)NC(=O)C(=O)N1CCN(C(=O)c2cc3c(s2)CCCCC3)CC1. The molecule has 1 aliphatic carbocycles. The van der Waals surface area contributed by atoms with Crippen molar-refractivity contribution in [2.24, 2.45) is 0 Å². The van der Waals surface area contributed by atoms with E-state index >= 15 is 0 Å². The first-order valence-electron chi connectivity index (χ1n) is 9.46. The molecule has 142 valence electrons. The van der Waals surface area contributed by atoms with Crippen LogP contribution in [0.4, 0.5) is 0 Å². The molecule has 0 spiro atoms. The molecule has 0 aromatic carbocycles. The van der Waals surface area contributed by atoms with Crippen molar-refractivity contribution >= 4 is 29.1 Å². The fraction of sp³-hybridized carbons (Fsp3) is 0.632. The van der Waals surface area contributed by atoms with E-state index in [-0.39, 0.29) is 11.9 Å². The molecule has 2 heterocycles. The maximum atomic E-state index is 12.8. The third kappa shape index (κ3) is 4.26. The number of nitrogens with one attached hydrogen (secondary N) is 1. The predicted octanol–water partition coefficient (Wildman–Crippen LogP) is 1.83. The van der Waals surface area contributed by atoms with Crippen molar-refractivity contribution in [1.29, 1.82) is 0 Å². The van der Waals surface area contributed by atoms with Crippen molar-refractivity contribution < 1.29 is 14.4 Å². The van der Waals surface area contributed by atoms with Crippen LogP contribution < -0.4 is 5.32 Å². The molecule has 6 nitrogen and oxygen atoms in total. The minimum absolute atomic E-state index is 0.0572. The number of carbonyl (C=O) groups excluding carboxylic acids is 3. The fourth-order valence-electron chi connectivity index (χ4n) is 3.51. The van der Waals surface area contributed by atoms with Gasteiger partial charge < -0.3 is 15.1 Å². The van der Waals surface area contributed by atoms with E-state index in [4.69, 9.17) is 0 Å². The number of fused-ring (bicyclic) bond motifs is 1. The summed E-state index contributed by atoms with van der Waals surface area (Å²) in [6, 6.07) is 2.00. The molecule has 1 aliphatic heterocycles. The topological polar surface area (TPSA) is 69.7 Å². The summed E-state index contributed by atoms with van der Waals surface area (Å²) in [6.07, 6.45) is 5.84. The average molecular weight is 378 g/mol. The van der Waals surface area contributed by atoms with Crippen molar-refractivity contribution in [2.75, 3.05) is 26.2 Å². The van der Waals surface area contributed by atoms with E-state index in [9.17, 15) is 14.4 Å². The molecular weight excluding hydrogens is 350 g/mol. The van der Waals surface area contributed by atoms with E-state index in [1.165, 1.54) is 34.6 Å².